The van der Waals surface area contributed by atoms with E-state index in [0.29, 0.717) is 0 Å². The summed E-state index contributed by atoms with van der Waals surface area (Å²) in [5, 5.41) is 0. The molecule has 0 spiro atoms. The molecule has 11 heteroatoms. The van der Waals surface area contributed by atoms with Crippen LogP contribution in [0.2, 0.25) is 0 Å². The summed E-state index contributed by atoms with van der Waals surface area (Å²) in [5.41, 5.74) is 0. The second-order valence-electron chi connectivity index (χ2n) is 1.52. The summed E-state index contributed by atoms with van der Waals surface area (Å²) in [5.74, 6) is 0. The van der Waals surface area contributed by atoms with Gasteiger partial charge in [0.1, 0.15) is 0 Å². The standard InChI is InChI=1S/C2F6O4P/c3-1(4,5)11-13(9,10)12-2(6,7)8. The van der Waals surface area contributed by atoms with E-state index in [9.17, 15) is 35.8 Å². The fraction of sp³-hybridized carbons (Fsp3) is 1.00. The zero-order valence-corrected chi connectivity index (χ0v) is 6.24. The lowest BCUT2D eigenvalue weighted by atomic mass is 11.4. The van der Waals surface area contributed by atoms with Gasteiger partial charge in [0.15, 0.2) is 0 Å². The van der Waals surface area contributed by atoms with E-state index in [1.165, 1.54) is 0 Å². The van der Waals surface area contributed by atoms with Crippen LogP contribution >= 0.6 is 7.82 Å². The maximum atomic E-state index is 11.1. The highest BCUT2D eigenvalue weighted by Gasteiger charge is 2.49. The Hall–Kier alpha value is -0.310. The summed E-state index contributed by atoms with van der Waals surface area (Å²) >= 11 is 0. The van der Waals surface area contributed by atoms with Gasteiger partial charge in [0, 0.05) is 0 Å². The van der Waals surface area contributed by atoms with Crippen LogP contribution in [-0.4, -0.2) is 12.7 Å². The summed E-state index contributed by atoms with van der Waals surface area (Å²) in [7, 11) is -6.44. The molecule has 0 aromatic carbocycles. The Morgan fingerprint density at radius 2 is 1.08 bits per heavy atom. The molecule has 0 amide bonds. The fourth-order valence-electron chi connectivity index (χ4n) is 0.272. The minimum Gasteiger partial charge on any atom is -0.225 e. The number of rotatable bonds is 2. The van der Waals surface area contributed by atoms with Gasteiger partial charge in [-0.05, 0) is 0 Å². The van der Waals surface area contributed by atoms with Crippen molar-refractivity contribution in [3.05, 3.63) is 0 Å². The summed E-state index contributed by atoms with van der Waals surface area (Å²) in [4.78, 5) is 9.81. The molecule has 0 saturated heterocycles. The van der Waals surface area contributed by atoms with Gasteiger partial charge in [-0.1, -0.05) is 0 Å². The molecule has 0 fully saturated rings. The number of hydrogen-bond acceptors (Lipinski definition) is 3. The van der Waals surface area contributed by atoms with Crippen LogP contribution in [0.1, 0.15) is 0 Å². The van der Waals surface area contributed by atoms with E-state index in [4.69, 9.17) is 0 Å². The molecule has 0 aliphatic carbocycles. The van der Waals surface area contributed by atoms with Gasteiger partial charge in [-0.2, -0.15) is 9.05 Å². The highest BCUT2D eigenvalue weighted by Crippen LogP contribution is 2.53. The first kappa shape index (κ1) is 12.7. The molecule has 4 nitrogen and oxygen atoms in total. The van der Waals surface area contributed by atoms with Crippen molar-refractivity contribution >= 4 is 7.82 Å². The summed E-state index contributed by atoms with van der Waals surface area (Å²) in [6, 6.07) is 0. The fourth-order valence-corrected chi connectivity index (χ4v) is 0.817. The normalized spacial score (nSPS) is 14.7. The monoisotopic (exact) mass is 233 g/mol. The van der Waals surface area contributed by atoms with Crippen LogP contribution in [0.4, 0.5) is 26.3 Å². The largest absolute Gasteiger partial charge is 0.531 e. The van der Waals surface area contributed by atoms with E-state index >= 15 is 0 Å². The predicted molar refractivity (Wildman–Crippen MR) is 22.6 cm³/mol. The number of alkyl halides is 6. The highest BCUT2D eigenvalue weighted by molar-refractivity contribution is 7.47. The molecule has 0 atom stereocenters. The van der Waals surface area contributed by atoms with Gasteiger partial charge in [-0.3, -0.25) is 0 Å². The van der Waals surface area contributed by atoms with E-state index in [2.05, 4.69) is 9.05 Å². The third-order valence-corrected chi connectivity index (χ3v) is 1.29. The predicted octanol–water partition coefficient (Wildman–Crippen LogP) is 2.60. The summed E-state index contributed by atoms with van der Waals surface area (Å²) in [6.45, 7) is 0. The van der Waals surface area contributed by atoms with Crippen molar-refractivity contribution in [2.24, 2.45) is 0 Å². The highest BCUT2D eigenvalue weighted by atomic mass is 31.2. The van der Waals surface area contributed by atoms with Crippen LogP contribution in [0, 0.1) is 0 Å². The smallest absolute Gasteiger partial charge is 0.225 e. The number of hydrogen-bond donors (Lipinski definition) is 0. The third-order valence-electron chi connectivity index (χ3n) is 0.431. The summed E-state index contributed by atoms with van der Waals surface area (Å²) in [6.07, 6.45) is -11.5. The first-order chi connectivity index (χ1) is 5.41. The number of halogens is 6. The molecule has 0 saturated carbocycles. The Morgan fingerprint density at radius 3 is 1.23 bits per heavy atom. The molecule has 0 N–H and O–H groups in total. The Morgan fingerprint density at radius 1 is 0.846 bits per heavy atom. The van der Waals surface area contributed by atoms with E-state index < -0.39 is 20.5 Å². The van der Waals surface area contributed by atoms with Crippen molar-refractivity contribution < 1.29 is 44.8 Å². The van der Waals surface area contributed by atoms with E-state index in [0.717, 1.165) is 0 Å². The van der Waals surface area contributed by atoms with Crippen LogP contribution < -0.4 is 0 Å². The van der Waals surface area contributed by atoms with Gasteiger partial charge >= 0.3 is 20.5 Å². The van der Waals surface area contributed by atoms with E-state index in [1.54, 1.807) is 0 Å². The maximum absolute atomic E-state index is 11.1. The second-order valence-corrected chi connectivity index (χ2v) is 2.78. The van der Waals surface area contributed by atoms with Crippen LogP contribution in [0.15, 0.2) is 0 Å². The quantitative estimate of drug-likeness (QED) is 0.544. The van der Waals surface area contributed by atoms with Gasteiger partial charge in [0.25, 0.3) is 0 Å². The lowest BCUT2D eigenvalue weighted by Crippen LogP contribution is -2.17. The molecule has 0 bridgehead atoms. The molecule has 0 aliphatic heterocycles. The van der Waals surface area contributed by atoms with Gasteiger partial charge in [-0.15, -0.1) is 31.2 Å². The van der Waals surface area contributed by atoms with E-state index in [1.807, 2.05) is 0 Å². The average Bonchev–Trinajstić information content (AvgIpc) is 1.43. The van der Waals surface area contributed by atoms with Crippen molar-refractivity contribution in [1.29, 1.82) is 0 Å². The zero-order valence-electron chi connectivity index (χ0n) is 5.35. The molecule has 0 heterocycles. The third kappa shape index (κ3) is 8.03. The molecule has 1 radical (unpaired) electrons. The second kappa shape index (κ2) is 3.45. The SMILES string of the molecule is [O]P(=O)(OC(F)(F)F)OC(F)(F)F. The van der Waals surface area contributed by atoms with Gasteiger partial charge < -0.3 is 0 Å². The topological polar surface area (TPSA) is 55.4 Å². The molecule has 0 unspecified atom stereocenters. The first-order valence-corrected chi connectivity index (χ1v) is 3.73. The molecule has 0 rings (SSSR count). The first-order valence-electron chi connectivity index (χ1n) is 2.27. The molecule has 0 aromatic heterocycles. The van der Waals surface area contributed by atoms with Crippen molar-refractivity contribution in [3.63, 3.8) is 0 Å². The lowest BCUT2D eigenvalue weighted by Gasteiger charge is -2.12. The van der Waals surface area contributed by atoms with Crippen molar-refractivity contribution in [2.75, 3.05) is 0 Å². The summed E-state index contributed by atoms with van der Waals surface area (Å²) < 4.78 is 80.4. The minimum absolute atomic E-state index is 2.06. The van der Waals surface area contributed by atoms with E-state index in [-0.39, 0.29) is 0 Å². The van der Waals surface area contributed by atoms with Gasteiger partial charge in [0.2, 0.25) is 0 Å². The Labute approximate surface area is 66.7 Å². The molecule has 13 heavy (non-hydrogen) atoms. The molecule has 0 aliphatic rings. The van der Waals surface area contributed by atoms with Crippen LogP contribution in [0.5, 0.6) is 0 Å². The van der Waals surface area contributed by atoms with Crippen molar-refractivity contribution in [3.8, 4) is 0 Å². The molecule has 0 aromatic rings. The van der Waals surface area contributed by atoms with Crippen LogP contribution in [-0.2, 0) is 18.5 Å². The van der Waals surface area contributed by atoms with Crippen LogP contribution in [0.25, 0.3) is 0 Å². The van der Waals surface area contributed by atoms with Gasteiger partial charge in [-0.25, -0.2) is 4.57 Å². The van der Waals surface area contributed by atoms with Crippen molar-refractivity contribution in [1.82, 2.24) is 0 Å². The maximum Gasteiger partial charge on any atom is 0.531 e. The van der Waals surface area contributed by atoms with Crippen molar-refractivity contribution in [2.45, 2.75) is 12.7 Å². The molecular formula is C2F6O4P. The Kier molecular flexibility index (Phi) is 3.36. The minimum atomic E-state index is -6.44. The molecular weight excluding hydrogens is 233 g/mol. The Bertz CT molecular complexity index is 198. The van der Waals surface area contributed by atoms with Crippen LogP contribution in [0.3, 0.4) is 0 Å². The van der Waals surface area contributed by atoms with Gasteiger partial charge in [0.05, 0.1) is 0 Å². The molecule has 79 valence electrons. The zero-order chi connectivity index (χ0) is 10.9. The lowest BCUT2D eigenvalue weighted by molar-refractivity contribution is -0.315. The average molecular weight is 233 g/mol. The Balaban J connectivity index is 4.35.